The maximum atomic E-state index is 10.9. The molecule has 0 bridgehead atoms. The molecular formula is C15H26O2. The van der Waals surface area contributed by atoms with E-state index in [0.717, 1.165) is 25.7 Å². The Morgan fingerprint density at radius 2 is 1.88 bits per heavy atom. The highest BCUT2D eigenvalue weighted by molar-refractivity contribution is 5.28. The van der Waals surface area contributed by atoms with Crippen LogP contribution in [0.1, 0.15) is 53.4 Å². The smallest absolute Gasteiger partial charge is 0.0885 e. The first kappa shape index (κ1) is 13.1. The molecule has 17 heavy (non-hydrogen) atoms. The molecule has 0 aromatic rings. The van der Waals surface area contributed by atoms with E-state index in [0.29, 0.717) is 11.8 Å². The van der Waals surface area contributed by atoms with E-state index >= 15 is 0 Å². The van der Waals surface area contributed by atoms with Gasteiger partial charge in [0.15, 0.2) is 0 Å². The third-order valence-corrected chi connectivity index (χ3v) is 5.00. The fraction of sp³-hybridized carbons (Fsp3) is 0.867. The van der Waals surface area contributed by atoms with Crippen molar-refractivity contribution in [2.45, 2.75) is 64.6 Å². The van der Waals surface area contributed by atoms with Gasteiger partial charge in [0.25, 0.3) is 0 Å². The Kier molecular flexibility index (Phi) is 3.16. The van der Waals surface area contributed by atoms with Crippen molar-refractivity contribution in [3.63, 3.8) is 0 Å². The fourth-order valence-electron chi connectivity index (χ4n) is 3.53. The molecule has 0 heterocycles. The van der Waals surface area contributed by atoms with Crippen molar-refractivity contribution >= 4 is 0 Å². The topological polar surface area (TPSA) is 40.5 Å². The first-order valence-corrected chi connectivity index (χ1v) is 6.92. The van der Waals surface area contributed by atoms with Gasteiger partial charge in [0.1, 0.15) is 0 Å². The van der Waals surface area contributed by atoms with Crippen LogP contribution in [-0.4, -0.2) is 21.4 Å². The molecule has 1 fully saturated rings. The molecular weight excluding hydrogens is 212 g/mol. The lowest BCUT2D eigenvalue weighted by Crippen LogP contribution is -2.34. The van der Waals surface area contributed by atoms with E-state index < -0.39 is 11.2 Å². The first-order chi connectivity index (χ1) is 7.75. The summed E-state index contributed by atoms with van der Waals surface area (Å²) in [5.74, 6) is 0.950. The molecule has 0 amide bonds. The van der Waals surface area contributed by atoms with Gasteiger partial charge in [-0.15, -0.1) is 0 Å². The summed E-state index contributed by atoms with van der Waals surface area (Å²) >= 11 is 0. The summed E-state index contributed by atoms with van der Waals surface area (Å²) in [7, 11) is 0. The quantitative estimate of drug-likeness (QED) is 0.690. The molecule has 2 aliphatic rings. The molecule has 0 spiro atoms. The van der Waals surface area contributed by atoms with Crippen molar-refractivity contribution in [2.75, 3.05) is 0 Å². The zero-order valence-electron chi connectivity index (χ0n) is 11.5. The molecule has 0 aromatic heterocycles. The molecule has 0 aromatic carbocycles. The third-order valence-electron chi connectivity index (χ3n) is 5.00. The van der Waals surface area contributed by atoms with Gasteiger partial charge in [-0.3, -0.25) is 0 Å². The van der Waals surface area contributed by atoms with E-state index in [1.54, 1.807) is 0 Å². The zero-order valence-corrected chi connectivity index (χ0v) is 11.5. The Bertz CT molecular complexity index is 326. The van der Waals surface area contributed by atoms with Crippen molar-refractivity contribution in [1.82, 2.24) is 0 Å². The first-order valence-electron chi connectivity index (χ1n) is 6.92. The van der Waals surface area contributed by atoms with Gasteiger partial charge in [-0.2, -0.15) is 0 Å². The molecule has 4 atom stereocenters. The van der Waals surface area contributed by atoms with Crippen LogP contribution in [0.2, 0.25) is 0 Å². The van der Waals surface area contributed by atoms with Crippen LogP contribution in [-0.2, 0) is 0 Å². The average Bonchev–Trinajstić information content (AvgIpc) is 2.41. The molecule has 2 N–H and O–H groups in total. The number of aliphatic hydroxyl groups is 2. The standard InChI is InChI=1S/C15H26O2/c1-10-7-8-15(17)11(2)5-6-12(9-13(10)15)14(3,4)16/h9-12,16-17H,5-8H2,1-4H3/t10-,11-,12-,15+/m1/s1. The second-order valence-corrected chi connectivity index (χ2v) is 6.72. The molecule has 0 unspecified atom stereocenters. The van der Waals surface area contributed by atoms with Gasteiger partial charge in [0, 0.05) is 5.92 Å². The van der Waals surface area contributed by atoms with Gasteiger partial charge in [0.2, 0.25) is 0 Å². The van der Waals surface area contributed by atoms with Crippen LogP contribution in [0.4, 0.5) is 0 Å². The van der Waals surface area contributed by atoms with Gasteiger partial charge >= 0.3 is 0 Å². The van der Waals surface area contributed by atoms with Gasteiger partial charge in [-0.05, 0) is 56.9 Å². The molecule has 2 heteroatoms. The van der Waals surface area contributed by atoms with E-state index in [1.807, 2.05) is 13.8 Å². The Hall–Kier alpha value is -0.340. The highest BCUT2D eigenvalue weighted by Crippen LogP contribution is 2.49. The summed E-state index contributed by atoms with van der Waals surface area (Å²) in [5, 5.41) is 21.1. The Balaban J connectivity index is 2.38. The van der Waals surface area contributed by atoms with E-state index in [2.05, 4.69) is 19.9 Å². The maximum Gasteiger partial charge on any atom is 0.0885 e. The highest BCUT2D eigenvalue weighted by Gasteiger charge is 2.47. The summed E-state index contributed by atoms with van der Waals surface area (Å²) in [5.41, 5.74) is -0.0886. The SMILES string of the molecule is C[C@@H]1CC[C@@]2(O)C1=C[C@H](C(C)(C)O)CC[C@H]2C. The van der Waals surface area contributed by atoms with E-state index in [-0.39, 0.29) is 5.92 Å². The molecule has 1 saturated carbocycles. The van der Waals surface area contributed by atoms with Crippen LogP contribution in [0.25, 0.3) is 0 Å². The lowest BCUT2D eigenvalue weighted by atomic mass is 9.82. The average molecular weight is 238 g/mol. The lowest BCUT2D eigenvalue weighted by molar-refractivity contribution is 0.0186. The molecule has 2 rings (SSSR count). The van der Waals surface area contributed by atoms with E-state index in [4.69, 9.17) is 0 Å². The Labute approximate surface area is 105 Å². The number of hydrogen-bond donors (Lipinski definition) is 2. The van der Waals surface area contributed by atoms with Crippen LogP contribution in [0.15, 0.2) is 11.6 Å². The number of rotatable bonds is 1. The highest BCUT2D eigenvalue weighted by atomic mass is 16.3. The monoisotopic (exact) mass is 238 g/mol. The number of hydrogen-bond acceptors (Lipinski definition) is 2. The largest absolute Gasteiger partial charge is 0.390 e. The summed E-state index contributed by atoms with van der Waals surface area (Å²) < 4.78 is 0. The van der Waals surface area contributed by atoms with Crippen LogP contribution in [0.3, 0.4) is 0 Å². The molecule has 0 saturated heterocycles. The van der Waals surface area contributed by atoms with Crippen LogP contribution in [0, 0.1) is 17.8 Å². The normalized spacial score (nSPS) is 42.9. The summed E-state index contributed by atoms with van der Waals surface area (Å²) in [6, 6.07) is 0. The predicted molar refractivity (Wildman–Crippen MR) is 69.6 cm³/mol. The Morgan fingerprint density at radius 3 is 2.47 bits per heavy atom. The van der Waals surface area contributed by atoms with E-state index in [1.165, 1.54) is 5.57 Å². The third kappa shape index (κ3) is 2.17. The second-order valence-electron chi connectivity index (χ2n) is 6.72. The Morgan fingerprint density at radius 1 is 1.24 bits per heavy atom. The minimum absolute atomic E-state index is 0.175. The van der Waals surface area contributed by atoms with E-state index in [9.17, 15) is 10.2 Å². The minimum atomic E-state index is -0.680. The summed E-state index contributed by atoms with van der Waals surface area (Å²) in [6.07, 6.45) is 6.12. The molecule has 2 nitrogen and oxygen atoms in total. The molecule has 0 radical (unpaired) electrons. The van der Waals surface area contributed by atoms with Crippen LogP contribution >= 0.6 is 0 Å². The van der Waals surface area contributed by atoms with Crippen LogP contribution in [0.5, 0.6) is 0 Å². The minimum Gasteiger partial charge on any atom is -0.390 e. The molecule has 2 aliphatic carbocycles. The fourth-order valence-corrected chi connectivity index (χ4v) is 3.53. The van der Waals surface area contributed by atoms with Gasteiger partial charge in [-0.1, -0.05) is 19.9 Å². The van der Waals surface area contributed by atoms with Gasteiger partial charge in [0.05, 0.1) is 11.2 Å². The summed E-state index contributed by atoms with van der Waals surface area (Å²) in [4.78, 5) is 0. The van der Waals surface area contributed by atoms with Crippen molar-refractivity contribution < 1.29 is 10.2 Å². The lowest BCUT2D eigenvalue weighted by Gasteiger charge is -2.31. The van der Waals surface area contributed by atoms with Crippen molar-refractivity contribution in [1.29, 1.82) is 0 Å². The van der Waals surface area contributed by atoms with Crippen molar-refractivity contribution in [2.24, 2.45) is 17.8 Å². The second kappa shape index (κ2) is 4.10. The predicted octanol–water partition coefficient (Wildman–Crippen LogP) is 2.89. The van der Waals surface area contributed by atoms with Crippen molar-refractivity contribution in [3.05, 3.63) is 11.6 Å². The van der Waals surface area contributed by atoms with Gasteiger partial charge in [-0.25, -0.2) is 0 Å². The summed E-state index contributed by atoms with van der Waals surface area (Å²) in [6.45, 7) is 8.11. The molecule has 98 valence electrons. The number of fused-ring (bicyclic) bond motifs is 1. The molecule has 0 aliphatic heterocycles. The zero-order chi connectivity index (χ0) is 12.8. The maximum absolute atomic E-state index is 10.9. The van der Waals surface area contributed by atoms with Crippen molar-refractivity contribution in [3.8, 4) is 0 Å². The van der Waals surface area contributed by atoms with Gasteiger partial charge < -0.3 is 10.2 Å². The van der Waals surface area contributed by atoms with Crippen LogP contribution < -0.4 is 0 Å².